The number of anilines is 1. The van der Waals surface area contributed by atoms with Crippen molar-refractivity contribution >= 4 is 22.7 Å². The molecule has 4 aromatic rings. The SMILES string of the molecule is CC[C@H](C)c1ccc2oc(-c3ccc(NC(=O)COc4cc(C)ccc4C(C)C)cc3)nc2c1. The number of fused-ring (bicyclic) bond motifs is 1. The molecule has 0 aliphatic carbocycles. The molecule has 34 heavy (non-hydrogen) atoms. The van der Waals surface area contributed by atoms with E-state index in [0.717, 1.165) is 40.0 Å². The maximum Gasteiger partial charge on any atom is 0.262 e. The molecule has 4 rings (SSSR count). The van der Waals surface area contributed by atoms with E-state index in [0.29, 0.717) is 23.4 Å². The summed E-state index contributed by atoms with van der Waals surface area (Å²) in [7, 11) is 0. The molecule has 3 aromatic carbocycles. The second-order valence-corrected chi connectivity index (χ2v) is 9.17. The molecule has 0 saturated carbocycles. The lowest BCUT2D eigenvalue weighted by Gasteiger charge is -2.15. The summed E-state index contributed by atoms with van der Waals surface area (Å²) in [6.07, 6.45) is 1.08. The Bertz CT molecular complexity index is 1290. The van der Waals surface area contributed by atoms with Gasteiger partial charge in [-0.3, -0.25) is 4.79 Å². The van der Waals surface area contributed by atoms with Crippen molar-refractivity contribution in [2.24, 2.45) is 0 Å². The first-order valence-electron chi connectivity index (χ1n) is 11.9. The van der Waals surface area contributed by atoms with E-state index in [4.69, 9.17) is 9.15 Å². The molecule has 1 aromatic heterocycles. The van der Waals surface area contributed by atoms with Crippen molar-refractivity contribution in [1.29, 1.82) is 0 Å². The number of nitrogens with one attached hydrogen (secondary N) is 1. The van der Waals surface area contributed by atoms with Crippen LogP contribution in [0.15, 0.2) is 65.1 Å². The lowest BCUT2D eigenvalue weighted by molar-refractivity contribution is -0.118. The Morgan fingerprint density at radius 2 is 1.79 bits per heavy atom. The van der Waals surface area contributed by atoms with Crippen LogP contribution in [-0.2, 0) is 4.79 Å². The molecule has 0 saturated heterocycles. The predicted molar refractivity (Wildman–Crippen MR) is 138 cm³/mol. The number of nitrogens with zero attached hydrogens (tertiary/aromatic N) is 1. The topological polar surface area (TPSA) is 64.4 Å². The van der Waals surface area contributed by atoms with Crippen LogP contribution in [0.3, 0.4) is 0 Å². The van der Waals surface area contributed by atoms with Crippen LogP contribution in [0, 0.1) is 6.92 Å². The highest BCUT2D eigenvalue weighted by Gasteiger charge is 2.13. The number of benzene rings is 3. The summed E-state index contributed by atoms with van der Waals surface area (Å²) in [5.41, 5.74) is 6.65. The molecule has 0 bridgehead atoms. The van der Waals surface area contributed by atoms with Gasteiger partial charge < -0.3 is 14.5 Å². The highest BCUT2D eigenvalue weighted by molar-refractivity contribution is 5.92. The second kappa shape index (κ2) is 10.1. The number of aryl methyl sites for hydroxylation is 1. The summed E-state index contributed by atoms with van der Waals surface area (Å²) < 4.78 is 11.8. The Kier molecular flexibility index (Phi) is 7.01. The van der Waals surface area contributed by atoms with Gasteiger partial charge in [-0.05, 0) is 84.3 Å². The first-order chi connectivity index (χ1) is 16.3. The van der Waals surface area contributed by atoms with Crippen molar-refractivity contribution in [3.05, 3.63) is 77.4 Å². The zero-order chi connectivity index (χ0) is 24.2. The number of oxazole rings is 1. The van der Waals surface area contributed by atoms with Crippen molar-refractivity contribution in [3.8, 4) is 17.2 Å². The zero-order valence-corrected chi connectivity index (χ0v) is 20.5. The van der Waals surface area contributed by atoms with Crippen LogP contribution in [0.5, 0.6) is 5.75 Å². The third-order valence-electron chi connectivity index (χ3n) is 6.16. The van der Waals surface area contributed by atoms with E-state index in [1.54, 1.807) is 0 Å². The highest BCUT2D eigenvalue weighted by Crippen LogP contribution is 2.29. The molecule has 0 aliphatic heterocycles. The minimum atomic E-state index is -0.205. The second-order valence-electron chi connectivity index (χ2n) is 9.17. The molecule has 0 spiro atoms. The Hall–Kier alpha value is -3.60. The van der Waals surface area contributed by atoms with E-state index in [1.165, 1.54) is 5.56 Å². The van der Waals surface area contributed by atoms with E-state index >= 15 is 0 Å². The molecule has 0 fully saturated rings. The predicted octanol–water partition coefficient (Wildman–Crippen LogP) is 7.46. The summed E-state index contributed by atoms with van der Waals surface area (Å²) in [4.78, 5) is 17.1. The van der Waals surface area contributed by atoms with Crippen LogP contribution < -0.4 is 10.1 Å². The summed E-state index contributed by atoms with van der Waals surface area (Å²) in [5, 5.41) is 2.89. The largest absolute Gasteiger partial charge is 0.483 e. The van der Waals surface area contributed by atoms with E-state index < -0.39 is 0 Å². The van der Waals surface area contributed by atoms with Gasteiger partial charge in [0.1, 0.15) is 11.3 Å². The van der Waals surface area contributed by atoms with Gasteiger partial charge >= 0.3 is 0 Å². The van der Waals surface area contributed by atoms with Gasteiger partial charge in [-0.15, -0.1) is 0 Å². The summed E-state index contributed by atoms with van der Waals surface area (Å²) in [5.74, 6) is 1.92. The van der Waals surface area contributed by atoms with Gasteiger partial charge in [-0.25, -0.2) is 4.98 Å². The first kappa shape index (κ1) is 23.6. The molecule has 1 atom stereocenters. The average molecular weight is 457 g/mol. The van der Waals surface area contributed by atoms with Crippen molar-refractivity contribution in [2.45, 2.75) is 52.9 Å². The van der Waals surface area contributed by atoms with Gasteiger partial charge in [0.2, 0.25) is 5.89 Å². The van der Waals surface area contributed by atoms with E-state index in [9.17, 15) is 4.79 Å². The minimum absolute atomic E-state index is 0.0471. The molecule has 5 nitrogen and oxygen atoms in total. The van der Waals surface area contributed by atoms with Crippen LogP contribution in [0.2, 0.25) is 0 Å². The van der Waals surface area contributed by atoms with E-state index in [-0.39, 0.29) is 12.5 Å². The molecule has 1 amide bonds. The maximum absolute atomic E-state index is 12.5. The van der Waals surface area contributed by atoms with Gasteiger partial charge in [0.15, 0.2) is 12.2 Å². The Morgan fingerprint density at radius 1 is 1.03 bits per heavy atom. The molecule has 5 heteroatoms. The van der Waals surface area contributed by atoms with Crippen molar-refractivity contribution < 1.29 is 13.9 Å². The van der Waals surface area contributed by atoms with Gasteiger partial charge in [-0.1, -0.05) is 45.9 Å². The zero-order valence-electron chi connectivity index (χ0n) is 20.5. The van der Waals surface area contributed by atoms with Gasteiger partial charge in [0.25, 0.3) is 5.91 Å². The van der Waals surface area contributed by atoms with Gasteiger partial charge in [-0.2, -0.15) is 0 Å². The monoisotopic (exact) mass is 456 g/mol. The number of aromatic nitrogens is 1. The minimum Gasteiger partial charge on any atom is -0.483 e. The number of ether oxygens (including phenoxy) is 1. The lowest BCUT2D eigenvalue weighted by atomic mass is 9.98. The number of rotatable bonds is 8. The number of carbonyl (C=O) groups excluding carboxylic acids is 1. The van der Waals surface area contributed by atoms with Crippen molar-refractivity contribution in [2.75, 3.05) is 11.9 Å². The maximum atomic E-state index is 12.5. The number of hydrogen-bond donors (Lipinski definition) is 1. The molecular formula is C29H32N2O3. The summed E-state index contributed by atoms with van der Waals surface area (Å²) in [6.45, 7) is 10.6. The third kappa shape index (κ3) is 5.30. The van der Waals surface area contributed by atoms with Crippen LogP contribution in [0.4, 0.5) is 5.69 Å². The quantitative estimate of drug-likeness (QED) is 0.299. The lowest BCUT2D eigenvalue weighted by Crippen LogP contribution is -2.20. The fourth-order valence-electron chi connectivity index (χ4n) is 3.89. The Balaban J connectivity index is 1.41. The average Bonchev–Trinajstić information content (AvgIpc) is 3.26. The van der Waals surface area contributed by atoms with E-state index in [2.05, 4.69) is 62.3 Å². The standard InChI is InChI=1S/C29H32N2O3/c1-6-20(5)22-10-14-26-25(16-22)31-29(34-26)21-8-11-23(12-9-21)30-28(32)17-33-27-15-19(4)7-13-24(27)18(2)3/h7-16,18,20H,6,17H2,1-5H3,(H,30,32)/t20-/m0/s1. The van der Waals surface area contributed by atoms with Crippen LogP contribution in [0.25, 0.3) is 22.6 Å². The van der Waals surface area contributed by atoms with Gasteiger partial charge in [0.05, 0.1) is 0 Å². The highest BCUT2D eigenvalue weighted by atomic mass is 16.5. The molecule has 0 aliphatic rings. The van der Waals surface area contributed by atoms with Crippen LogP contribution in [-0.4, -0.2) is 17.5 Å². The van der Waals surface area contributed by atoms with E-state index in [1.807, 2.05) is 43.3 Å². The molecule has 0 unspecified atom stereocenters. The molecule has 1 N–H and O–H groups in total. The number of hydrogen-bond acceptors (Lipinski definition) is 4. The van der Waals surface area contributed by atoms with Gasteiger partial charge in [0, 0.05) is 11.3 Å². The van der Waals surface area contributed by atoms with Crippen molar-refractivity contribution in [1.82, 2.24) is 4.98 Å². The molecular weight excluding hydrogens is 424 g/mol. The molecule has 1 heterocycles. The first-order valence-corrected chi connectivity index (χ1v) is 11.9. The number of amides is 1. The number of carbonyl (C=O) groups is 1. The Morgan fingerprint density at radius 3 is 2.50 bits per heavy atom. The van der Waals surface area contributed by atoms with Crippen molar-refractivity contribution in [3.63, 3.8) is 0 Å². The third-order valence-corrected chi connectivity index (χ3v) is 6.16. The van der Waals surface area contributed by atoms with Crippen LogP contribution >= 0.6 is 0 Å². The Labute approximate surface area is 201 Å². The van der Waals surface area contributed by atoms with Crippen LogP contribution in [0.1, 0.15) is 62.6 Å². The fourth-order valence-corrected chi connectivity index (χ4v) is 3.89. The molecule has 0 radical (unpaired) electrons. The molecule has 176 valence electrons. The summed E-state index contributed by atoms with van der Waals surface area (Å²) >= 11 is 0. The summed E-state index contributed by atoms with van der Waals surface area (Å²) in [6, 6.07) is 19.8. The normalized spacial score (nSPS) is 12.2. The smallest absolute Gasteiger partial charge is 0.262 e. The fraction of sp³-hybridized carbons (Fsp3) is 0.310.